The molecule has 5 heteroatoms. The minimum Gasteiger partial charge on any atom is -0.336 e. The summed E-state index contributed by atoms with van der Waals surface area (Å²) in [5.74, 6) is -0.111. The van der Waals surface area contributed by atoms with Gasteiger partial charge in [0.15, 0.2) is 0 Å². The highest BCUT2D eigenvalue weighted by Gasteiger charge is 2.36. The van der Waals surface area contributed by atoms with E-state index in [1.807, 2.05) is 17.9 Å². The maximum absolute atomic E-state index is 12.9. The SMILES string of the molecule is C=CC(=O)N1CCCC1C(=O)N1CCc2ccc(Cl)c(C)c2C1. The number of nitrogens with zero attached hydrogens (tertiary/aromatic N) is 2. The Kier molecular flexibility index (Phi) is 4.44. The predicted molar refractivity (Wildman–Crippen MR) is 90.2 cm³/mol. The lowest BCUT2D eigenvalue weighted by Crippen LogP contribution is -2.48. The Morgan fingerprint density at radius 3 is 2.87 bits per heavy atom. The first kappa shape index (κ1) is 16.1. The van der Waals surface area contributed by atoms with Crippen LogP contribution in [0.15, 0.2) is 24.8 Å². The quantitative estimate of drug-likeness (QED) is 0.781. The van der Waals surface area contributed by atoms with E-state index in [-0.39, 0.29) is 17.9 Å². The van der Waals surface area contributed by atoms with E-state index in [1.54, 1.807) is 4.90 Å². The van der Waals surface area contributed by atoms with Crippen molar-refractivity contribution in [2.75, 3.05) is 13.1 Å². The molecule has 122 valence electrons. The van der Waals surface area contributed by atoms with Gasteiger partial charge < -0.3 is 9.80 Å². The third-order valence-corrected chi connectivity index (χ3v) is 5.35. The van der Waals surface area contributed by atoms with E-state index in [4.69, 9.17) is 11.6 Å². The van der Waals surface area contributed by atoms with Crippen LogP contribution in [0, 0.1) is 6.92 Å². The molecule has 3 rings (SSSR count). The Labute approximate surface area is 141 Å². The Morgan fingerprint density at radius 1 is 1.35 bits per heavy atom. The minimum atomic E-state index is -0.346. The highest BCUT2D eigenvalue weighted by molar-refractivity contribution is 6.31. The van der Waals surface area contributed by atoms with Gasteiger partial charge in [-0.1, -0.05) is 24.2 Å². The molecule has 2 aliphatic rings. The average molecular weight is 333 g/mol. The Balaban J connectivity index is 1.80. The van der Waals surface area contributed by atoms with Crippen molar-refractivity contribution in [1.29, 1.82) is 0 Å². The van der Waals surface area contributed by atoms with E-state index in [9.17, 15) is 9.59 Å². The maximum Gasteiger partial charge on any atom is 0.246 e. The van der Waals surface area contributed by atoms with Crippen LogP contribution in [0.1, 0.15) is 29.5 Å². The van der Waals surface area contributed by atoms with Crippen LogP contribution in [0.2, 0.25) is 5.02 Å². The number of carbonyl (C=O) groups excluding carboxylic acids is 2. The van der Waals surface area contributed by atoms with Crippen molar-refractivity contribution in [3.05, 3.63) is 46.5 Å². The van der Waals surface area contributed by atoms with Gasteiger partial charge in [0.1, 0.15) is 6.04 Å². The summed E-state index contributed by atoms with van der Waals surface area (Å²) in [7, 11) is 0. The maximum atomic E-state index is 12.9. The fourth-order valence-electron chi connectivity index (χ4n) is 3.57. The molecule has 0 bridgehead atoms. The highest BCUT2D eigenvalue weighted by atomic mass is 35.5. The molecule has 1 aromatic rings. The lowest BCUT2D eigenvalue weighted by atomic mass is 9.95. The van der Waals surface area contributed by atoms with E-state index < -0.39 is 0 Å². The molecular formula is C18H21ClN2O2. The van der Waals surface area contributed by atoms with Crippen molar-refractivity contribution in [1.82, 2.24) is 9.80 Å². The first-order valence-electron chi connectivity index (χ1n) is 8.01. The van der Waals surface area contributed by atoms with Crippen LogP contribution in [-0.4, -0.2) is 40.7 Å². The standard InChI is InChI=1S/C18H21ClN2O2/c1-3-17(22)21-9-4-5-16(21)18(23)20-10-8-13-6-7-15(19)12(2)14(13)11-20/h3,6-7,16H,1,4-5,8-11H2,2H3. The van der Waals surface area contributed by atoms with Crippen LogP contribution < -0.4 is 0 Å². The number of halogens is 1. The van der Waals surface area contributed by atoms with Gasteiger partial charge in [-0.3, -0.25) is 9.59 Å². The lowest BCUT2D eigenvalue weighted by molar-refractivity contribution is -0.142. The molecule has 0 N–H and O–H groups in total. The number of hydrogen-bond acceptors (Lipinski definition) is 2. The molecule has 23 heavy (non-hydrogen) atoms. The van der Waals surface area contributed by atoms with E-state index in [1.165, 1.54) is 11.6 Å². The van der Waals surface area contributed by atoms with Crippen molar-refractivity contribution in [2.45, 2.75) is 38.8 Å². The summed E-state index contributed by atoms with van der Waals surface area (Å²) in [6.45, 7) is 7.44. The molecule has 1 fully saturated rings. The normalized spacial score (nSPS) is 20.3. The largest absolute Gasteiger partial charge is 0.336 e. The molecule has 1 atom stereocenters. The van der Waals surface area contributed by atoms with Crippen LogP contribution >= 0.6 is 11.6 Å². The second-order valence-corrected chi connectivity index (χ2v) is 6.62. The monoisotopic (exact) mass is 332 g/mol. The van der Waals surface area contributed by atoms with Gasteiger partial charge >= 0.3 is 0 Å². The van der Waals surface area contributed by atoms with E-state index >= 15 is 0 Å². The summed E-state index contributed by atoms with van der Waals surface area (Å²) in [4.78, 5) is 28.3. The fraction of sp³-hybridized carbons (Fsp3) is 0.444. The molecule has 1 aromatic carbocycles. The van der Waals surface area contributed by atoms with Crippen LogP contribution in [0.3, 0.4) is 0 Å². The zero-order valence-electron chi connectivity index (χ0n) is 13.3. The van der Waals surface area contributed by atoms with Gasteiger partial charge in [-0.05, 0) is 55.0 Å². The fourth-order valence-corrected chi connectivity index (χ4v) is 3.74. The van der Waals surface area contributed by atoms with Crippen molar-refractivity contribution >= 4 is 23.4 Å². The molecule has 0 spiro atoms. The topological polar surface area (TPSA) is 40.6 Å². The summed E-state index contributed by atoms with van der Waals surface area (Å²) in [6.07, 6.45) is 3.73. The summed E-state index contributed by atoms with van der Waals surface area (Å²) >= 11 is 6.22. The van der Waals surface area contributed by atoms with Crippen molar-refractivity contribution in [3.8, 4) is 0 Å². The Bertz CT molecular complexity index is 671. The lowest BCUT2D eigenvalue weighted by Gasteiger charge is -2.34. The van der Waals surface area contributed by atoms with Gasteiger partial charge in [-0.25, -0.2) is 0 Å². The Hall–Kier alpha value is -1.81. The first-order valence-corrected chi connectivity index (χ1v) is 8.39. The molecule has 0 saturated carbocycles. The van der Waals surface area contributed by atoms with E-state index in [0.717, 1.165) is 35.4 Å². The van der Waals surface area contributed by atoms with Crippen molar-refractivity contribution < 1.29 is 9.59 Å². The summed E-state index contributed by atoms with van der Waals surface area (Å²) in [5, 5.41) is 0.738. The number of rotatable bonds is 2. The van der Waals surface area contributed by atoms with Crippen molar-refractivity contribution in [2.24, 2.45) is 0 Å². The molecule has 2 heterocycles. The third-order valence-electron chi connectivity index (χ3n) is 4.94. The summed E-state index contributed by atoms with van der Waals surface area (Å²) in [5.41, 5.74) is 3.46. The second kappa shape index (κ2) is 6.36. The van der Waals surface area contributed by atoms with Crippen LogP contribution in [0.5, 0.6) is 0 Å². The van der Waals surface area contributed by atoms with E-state index in [0.29, 0.717) is 19.6 Å². The molecular weight excluding hydrogens is 312 g/mol. The van der Waals surface area contributed by atoms with Gasteiger partial charge in [0.05, 0.1) is 0 Å². The summed E-state index contributed by atoms with van der Waals surface area (Å²) in [6, 6.07) is 3.63. The smallest absolute Gasteiger partial charge is 0.246 e. The number of likely N-dealkylation sites (tertiary alicyclic amines) is 1. The number of amides is 2. The molecule has 1 saturated heterocycles. The molecule has 0 aliphatic carbocycles. The molecule has 1 unspecified atom stereocenters. The first-order chi connectivity index (χ1) is 11.0. The predicted octanol–water partition coefficient (Wildman–Crippen LogP) is 2.71. The number of benzene rings is 1. The van der Waals surface area contributed by atoms with Crippen LogP contribution in [0.4, 0.5) is 0 Å². The second-order valence-electron chi connectivity index (χ2n) is 6.21. The molecule has 0 aromatic heterocycles. The third kappa shape index (κ3) is 2.88. The zero-order valence-corrected chi connectivity index (χ0v) is 14.1. The molecule has 0 radical (unpaired) electrons. The summed E-state index contributed by atoms with van der Waals surface area (Å²) < 4.78 is 0. The molecule has 2 aliphatic heterocycles. The van der Waals surface area contributed by atoms with Gasteiger partial charge in [0.25, 0.3) is 0 Å². The molecule has 4 nitrogen and oxygen atoms in total. The number of fused-ring (bicyclic) bond motifs is 1. The van der Waals surface area contributed by atoms with Crippen LogP contribution in [-0.2, 0) is 22.6 Å². The van der Waals surface area contributed by atoms with Gasteiger partial charge in [0, 0.05) is 24.7 Å². The van der Waals surface area contributed by atoms with Gasteiger partial charge in [-0.15, -0.1) is 0 Å². The minimum absolute atomic E-state index is 0.0442. The molecule has 2 amide bonds. The number of carbonyl (C=O) groups is 2. The van der Waals surface area contributed by atoms with Gasteiger partial charge in [0.2, 0.25) is 11.8 Å². The zero-order chi connectivity index (χ0) is 16.6. The highest BCUT2D eigenvalue weighted by Crippen LogP contribution is 2.29. The van der Waals surface area contributed by atoms with Crippen LogP contribution in [0.25, 0.3) is 0 Å². The van der Waals surface area contributed by atoms with Crippen molar-refractivity contribution in [3.63, 3.8) is 0 Å². The van der Waals surface area contributed by atoms with E-state index in [2.05, 4.69) is 12.6 Å². The van der Waals surface area contributed by atoms with Gasteiger partial charge in [-0.2, -0.15) is 0 Å². The average Bonchev–Trinajstić information content (AvgIpc) is 3.06. The number of hydrogen-bond donors (Lipinski definition) is 0. The Morgan fingerprint density at radius 2 is 2.13 bits per heavy atom.